The van der Waals surface area contributed by atoms with Gasteiger partial charge in [-0.05, 0) is 11.6 Å². The Morgan fingerprint density at radius 3 is 2.06 bits per heavy atom. The van der Waals surface area contributed by atoms with Crippen molar-refractivity contribution >= 4 is 15.5 Å². The first-order chi connectivity index (χ1) is 8.15. The number of hydrogen-bond acceptors (Lipinski definition) is 3. The molecule has 4 heteroatoms. The third-order valence-corrected chi connectivity index (χ3v) is 3.63. The van der Waals surface area contributed by atoms with Gasteiger partial charge in [-0.25, -0.2) is 8.42 Å². The normalized spacial score (nSPS) is 11.1. The van der Waals surface area contributed by atoms with Crippen molar-refractivity contribution in [1.82, 2.24) is 0 Å². The molecule has 0 radical (unpaired) electrons. The maximum absolute atomic E-state index is 11.6. The van der Waals surface area contributed by atoms with Crippen LogP contribution in [0.4, 0.5) is 0 Å². The van der Waals surface area contributed by atoms with E-state index < -0.39 is 9.84 Å². The Morgan fingerprint density at radius 2 is 1.41 bits per heavy atom. The minimum atomic E-state index is -3.86. The molecule has 2 aromatic carbocycles. The first-order valence-corrected chi connectivity index (χ1v) is 6.54. The predicted molar refractivity (Wildman–Crippen MR) is 65.8 cm³/mol. The summed E-state index contributed by atoms with van der Waals surface area (Å²) in [6, 6.07) is 15.6. The molecule has 17 heavy (non-hydrogen) atoms. The molecule has 2 rings (SSSR count). The van der Waals surface area contributed by atoms with E-state index in [-0.39, 0.29) is 10.5 Å². The molecule has 0 aliphatic carbocycles. The van der Waals surface area contributed by atoms with E-state index in [2.05, 4.69) is 0 Å². The summed E-state index contributed by atoms with van der Waals surface area (Å²) >= 11 is 0. The highest BCUT2D eigenvalue weighted by Gasteiger charge is 2.17. The van der Waals surface area contributed by atoms with E-state index >= 15 is 0 Å². The first-order valence-electron chi connectivity index (χ1n) is 5.00. The number of hydrogen-bond donors (Lipinski definition) is 0. The second kappa shape index (κ2) is 4.51. The van der Waals surface area contributed by atoms with Gasteiger partial charge in [0.1, 0.15) is 0 Å². The van der Waals surface area contributed by atoms with Crippen LogP contribution in [-0.2, 0) is 14.6 Å². The van der Waals surface area contributed by atoms with Gasteiger partial charge in [-0.15, -0.1) is 0 Å². The molecule has 0 aliphatic heterocycles. The number of sulfone groups is 1. The van der Waals surface area contributed by atoms with Gasteiger partial charge in [-0.2, -0.15) is 0 Å². The summed E-state index contributed by atoms with van der Waals surface area (Å²) < 4.78 is 23.3. The summed E-state index contributed by atoms with van der Waals surface area (Å²) in [5, 5.41) is 0. The highest BCUT2D eigenvalue weighted by atomic mass is 32.2. The van der Waals surface area contributed by atoms with Crippen LogP contribution in [-0.4, -0.2) is 14.0 Å². The summed E-state index contributed by atoms with van der Waals surface area (Å²) in [5.41, 5.74) is 1.29. The fraction of sp³-hybridized carbons (Fsp3) is 0. The smallest absolute Gasteiger partial charge is 0.238 e. The molecule has 0 fully saturated rings. The van der Waals surface area contributed by atoms with E-state index in [0.29, 0.717) is 5.56 Å². The Bertz CT molecular complexity index is 631. The molecule has 2 aromatic rings. The van der Waals surface area contributed by atoms with Crippen LogP contribution < -0.4 is 0 Å². The van der Waals surface area contributed by atoms with Crippen LogP contribution in [0.25, 0.3) is 11.1 Å². The van der Waals surface area contributed by atoms with Crippen molar-refractivity contribution in [3.05, 3.63) is 54.6 Å². The highest BCUT2D eigenvalue weighted by molar-refractivity contribution is 8.04. The van der Waals surface area contributed by atoms with E-state index in [1.165, 1.54) is 6.07 Å². The van der Waals surface area contributed by atoms with Gasteiger partial charge in [0.2, 0.25) is 15.5 Å². The molecule has 3 nitrogen and oxygen atoms in total. The fourth-order valence-electron chi connectivity index (χ4n) is 1.62. The third kappa shape index (κ3) is 2.26. The number of carbonyl (C=O) groups excluding carboxylic acids is 1. The van der Waals surface area contributed by atoms with Crippen LogP contribution in [0, 0.1) is 0 Å². The molecule has 86 valence electrons. The Morgan fingerprint density at radius 1 is 0.824 bits per heavy atom. The Labute approximate surface area is 99.6 Å². The Hall–Kier alpha value is -1.94. The van der Waals surface area contributed by atoms with E-state index in [1.54, 1.807) is 30.3 Å². The van der Waals surface area contributed by atoms with Crippen LogP contribution in [0.5, 0.6) is 0 Å². The average Bonchev–Trinajstić information content (AvgIpc) is 2.40. The molecular formula is C13H10O3S. The van der Waals surface area contributed by atoms with Crippen LogP contribution in [0.1, 0.15) is 0 Å². The first kappa shape index (κ1) is 11.5. The fourth-order valence-corrected chi connectivity index (χ4v) is 2.49. The van der Waals surface area contributed by atoms with Crippen LogP contribution in [0.2, 0.25) is 0 Å². The molecule has 0 saturated carbocycles. The zero-order valence-corrected chi connectivity index (χ0v) is 9.72. The van der Waals surface area contributed by atoms with Crippen molar-refractivity contribution in [3.8, 4) is 11.1 Å². The second-order valence-corrected chi connectivity index (χ2v) is 5.23. The largest absolute Gasteiger partial charge is 0.285 e. The number of benzene rings is 2. The van der Waals surface area contributed by atoms with E-state index in [4.69, 9.17) is 0 Å². The van der Waals surface area contributed by atoms with Crippen LogP contribution in [0.15, 0.2) is 59.5 Å². The summed E-state index contributed by atoms with van der Waals surface area (Å²) in [6.45, 7) is 0. The van der Waals surface area contributed by atoms with Gasteiger partial charge in [-0.3, -0.25) is 4.79 Å². The molecule has 0 heterocycles. The predicted octanol–water partition coefficient (Wildman–Crippen LogP) is 2.32. The zero-order chi connectivity index (χ0) is 12.3. The quantitative estimate of drug-likeness (QED) is 0.781. The van der Waals surface area contributed by atoms with Crippen LogP contribution >= 0.6 is 0 Å². The monoisotopic (exact) mass is 246 g/mol. The molecule has 0 amide bonds. The molecule has 0 atom stereocenters. The molecule has 0 bridgehead atoms. The van der Waals surface area contributed by atoms with Crippen molar-refractivity contribution in [2.24, 2.45) is 0 Å². The van der Waals surface area contributed by atoms with Gasteiger partial charge in [-0.1, -0.05) is 48.5 Å². The summed E-state index contributed by atoms with van der Waals surface area (Å²) in [4.78, 5) is 10.7. The van der Waals surface area contributed by atoms with E-state index in [9.17, 15) is 13.2 Å². The van der Waals surface area contributed by atoms with Gasteiger partial charge >= 0.3 is 0 Å². The van der Waals surface area contributed by atoms with Crippen molar-refractivity contribution in [2.75, 3.05) is 0 Å². The van der Waals surface area contributed by atoms with Gasteiger partial charge in [0, 0.05) is 5.56 Å². The standard InChI is InChI=1S/C13H10O3S/c14-10-17(15,16)13-9-5-4-8-12(13)11-6-2-1-3-7-11/h1-10H. The Balaban J connectivity index is 2.69. The van der Waals surface area contributed by atoms with E-state index in [1.807, 2.05) is 18.2 Å². The molecule has 0 N–H and O–H groups in total. The lowest BCUT2D eigenvalue weighted by molar-refractivity contribution is 0.556. The van der Waals surface area contributed by atoms with Gasteiger partial charge in [0.05, 0.1) is 4.90 Å². The summed E-state index contributed by atoms with van der Waals surface area (Å²) in [5.74, 6) is 0. The lowest BCUT2D eigenvalue weighted by Gasteiger charge is -2.06. The SMILES string of the molecule is O=CS(=O)(=O)c1ccccc1-c1ccccc1. The molecule has 0 aliphatic rings. The minimum Gasteiger partial charge on any atom is -0.285 e. The maximum atomic E-state index is 11.6. The third-order valence-electron chi connectivity index (χ3n) is 2.41. The summed E-state index contributed by atoms with van der Waals surface area (Å²) in [6.07, 6.45) is 0. The lowest BCUT2D eigenvalue weighted by Crippen LogP contribution is -2.03. The molecule has 0 unspecified atom stereocenters. The zero-order valence-electron chi connectivity index (χ0n) is 8.91. The van der Waals surface area contributed by atoms with E-state index in [0.717, 1.165) is 5.56 Å². The second-order valence-electron chi connectivity index (χ2n) is 3.50. The van der Waals surface area contributed by atoms with Crippen molar-refractivity contribution in [1.29, 1.82) is 0 Å². The lowest BCUT2D eigenvalue weighted by atomic mass is 10.1. The van der Waals surface area contributed by atoms with Crippen molar-refractivity contribution in [3.63, 3.8) is 0 Å². The van der Waals surface area contributed by atoms with Gasteiger partial charge in [0.15, 0.2) is 0 Å². The van der Waals surface area contributed by atoms with Crippen LogP contribution in [0.3, 0.4) is 0 Å². The maximum Gasteiger partial charge on any atom is 0.238 e. The van der Waals surface area contributed by atoms with Gasteiger partial charge in [0.25, 0.3) is 0 Å². The van der Waals surface area contributed by atoms with Crippen molar-refractivity contribution < 1.29 is 13.2 Å². The average molecular weight is 246 g/mol. The summed E-state index contributed by atoms with van der Waals surface area (Å²) in [7, 11) is -3.86. The topological polar surface area (TPSA) is 51.2 Å². The Kier molecular flexibility index (Phi) is 3.06. The molecule has 0 spiro atoms. The molecule has 0 saturated heterocycles. The van der Waals surface area contributed by atoms with Gasteiger partial charge < -0.3 is 0 Å². The molecule has 0 aromatic heterocycles. The molecular weight excluding hydrogens is 236 g/mol. The minimum absolute atomic E-state index is 0.0191. The number of rotatable bonds is 3. The number of carbonyl (C=O) groups is 1. The highest BCUT2D eigenvalue weighted by Crippen LogP contribution is 2.26. The van der Waals surface area contributed by atoms with Crippen molar-refractivity contribution in [2.45, 2.75) is 4.90 Å².